The Morgan fingerprint density at radius 1 is 1.03 bits per heavy atom. The molecule has 0 aromatic heterocycles. The monoisotopic (exact) mass is 442 g/mol. The highest BCUT2D eigenvalue weighted by atomic mass is 32.2. The number of sulfonamides is 1. The SMILES string of the molecule is CCC(NC(=O)C(CC)N(c1cccc(C)c1)S(C)(=O)=O)c1ccc2c(c1)CCCC2. The summed E-state index contributed by atoms with van der Waals surface area (Å²) in [6, 6.07) is 12.8. The Balaban J connectivity index is 1.87. The molecule has 2 aromatic rings. The zero-order chi connectivity index (χ0) is 22.6. The van der Waals surface area contributed by atoms with Crippen molar-refractivity contribution in [1.29, 1.82) is 0 Å². The van der Waals surface area contributed by atoms with Gasteiger partial charge in [-0.05, 0) is 79.8 Å². The van der Waals surface area contributed by atoms with Gasteiger partial charge in [0, 0.05) is 0 Å². The molecule has 0 saturated carbocycles. The predicted octanol–water partition coefficient (Wildman–Crippen LogP) is 4.69. The van der Waals surface area contributed by atoms with Gasteiger partial charge in [0.1, 0.15) is 6.04 Å². The fraction of sp³-hybridized carbons (Fsp3) is 0.480. The molecule has 2 atom stereocenters. The molecule has 0 heterocycles. The second-order valence-electron chi connectivity index (χ2n) is 8.53. The highest BCUT2D eigenvalue weighted by Gasteiger charge is 2.32. The van der Waals surface area contributed by atoms with Crippen molar-refractivity contribution in [2.24, 2.45) is 0 Å². The fourth-order valence-electron chi connectivity index (χ4n) is 4.48. The number of rotatable bonds is 8. The molecule has 31 heavy (non-hydrogen) atoms. The number of anilines is 1. The molecule has 2 aromatic carbocycles. The molecule has 0 fully saturated rings. The molecule has 1 amide bonds. The van der Waals surface area contributed by atoms with Gasteiger partial charge in [0.05, 0.1) is 18.0 Å². The number of hydrogen-bond acceptors (Lipinski definition) is 3. The quantitative estimate of drug-likeness (QED) is 0.645. The van der Waals surface area contributed by atoms with Crippen LogP contribution < -0.4 is 9.62 Å². The molecule has 1 N–H and O–H groups in total. The van der Waals surface area contributed by atoms with Crippen LogP contribution in [0.2, 0.25) is 0 Å². The second-order valence-corrected chi connectivity index (χ2v) is 10.4. The van der Waals surface area contributed by atoms with Gasteiger partial charge in [-0.15, -0.1) is 0 Å². The van der Waals surface area contributed by atoms with Gasteiger partial charge in [-0.25, -0.2) is 8.42 Å². The van der Waals surface area contributed by atoms with Crippen LogP contribution in [0.4, 0.5) is 5.69 Å². The van der Waals surface area contributed by atoms with Crippen molar-refractivity contribution < 1.29 is 13.2 Å². The van der Waals surface area contributed by atoms with Crippen LogP contribution in [0, 0.1) is 6.92 Å². The van der Waals surface area contributed by atoms with Gasteiger partial charge in [0.2, 0.25) is 15.9 Å². The maximum absolute atomic E-state index is 13.3. The van der Waals surface area contributed by atoms with E-state index < -0.39 is 16.1 Å². The third-order valence-corrected chi connectivity index (χ3v) is 7.27. The number of carbonyl (C=O) groups is 1. The summed E-state index contributed by atoms with van der Waals surface area (Å²) in [5.74, 6) is -0.265. The minimum atomic E-state index is -3.64. The average molecular weight is 443 g/mol. The van der Waals surface area contributed by atoms with E-state index in [0.717, 1.165) is 36.6 Å². The lowest BCUT2D eigenvalue weighted by molar-refractivity contribution is -0.123. The highest BCUT2D eigenvalue weighted by Crippen LogP contribution is 2.27. The molecule has 6 heteroatoms. The lowest BCUT2D eigenvalue weighted by Gasteiger charge is -2.32. The average Bonchev–Trinajstić information content (AvgIpc) is 2.74. The lowest BCUT2D eigenvalue weighted by Crippen LogP contribution is -2.50. The summed E-state index contributed by atoms with van der Waals surface area (Å²) in [6.45, 7) is 5.80. The maximum Gasteiger partial charge on any atom is 0.244 e. The Kier molecular flexibility index (Phi) is 7.42. The minimum absolute atomic E-state index is 0.146. The van der Waals surface area contributed by atoms with E-state index in [1.807, 2.05) is 32.9 Å². The molecule has 3 rings (SSSR count). The van der Waals surface area contributed by atoms with E-state index in [1.54, 1.807) is 12.1 Å². The highest BCUT2D eigenvalue weighted by molar-refractivity contribution is 7.92. The van der Waals surface area contributed by atoms with Gasteiger partial charge < -0.3 is 5.32 Å². The van der Waals surface area contributed by atoms with Gasteiger partial charge in [0.25, 0.3) is 0 Å². The number of aryl methyl sites for hydroxylation is 3. The van der Waals surface area contributed by atoms with Gasteiger partial charge in [0.15, 0.2) is 0 Å². The van der Waals surface area contributed by atoms with E-state index in [0.29, 0.717) is 12.1 Å². The smallest absolute Gasteiger partial charge is 0.244 e. The molecule has 0 radical (unpaired) electrons. The molecule has 1 aliphatic carbocycles. The van der Waals surface area contributed by atoms with Crippen LogP contribution >= 0.6 is 0 Å². The normalized spacial score (nSPS) is 15.6. The van der Waals surface area contributed by atoms with Crippen LogP contribution in [-0.4, -0.2) is 26.6 Å². The summed E-state index contributed by atoms with van der Waals surface area (Å²) in [4.78, 5) is 13.3. The summed E-state index contributed by atoms with van der Waals surface area (Å²) in [5, 5.41) is 3.13. The first kappa shape index (κ1) is 23.3. The summed E-state index contributed by atoms with van der Waals surface area (Å²) in [7, 11) is -3.64. The molecular formula is C25H34N2O3S. The van der Waals surface area contributed by atoms with Crippen molar-refractivity contribution in [2.75, 3.05) is 10.6 Å². The van der Waals surface area contributed by atoms with Gasteiger partial charge in [-0.1, -0.05) is 44.2 Å². The molecular weight excluding hydrogens is 408 g/mol. The van der Waals surface area contributed by atoms with Crippen LogP contribution in [0.5, 0.6) is 0 Å². The number of amides is 1. The van der Waals surface area contributed by atoms with Crippen LogP contribution in [0.1, 0.15) is 67.8 Å². The van der Waals surface area contributed by atoms with Crippen LogP contribution in [0.3, 0.4) is 0 Å². The molecule has 0 spiro atoms. The summed E-state index contributed by atoms with van der Waals surface area (Å²) in [6.07, 6.45) is 6.93. The van der Waals surface area contributed by atoms with Crippen molar-refractivity contribution in [3.8, 4) is 0 Å². The van der Waals surface area contributed by atoms with Crippen LogP contribution in [0.15, 0.2) is 42.5 Å². The standard InChI is InChI=1S/C25H34N2O3S/c1-5-23(21-15-14-19-11-7-8-12-20(19)17-21)26-25(28)24(6-2)27(31(4,29)30)22-13-9-10-18(3)16-22/h9-10,13-17,23-24H,5-8,11-12H2,1-4H3,(H,26,28). The molecule has 0 saturated heterocycles. The van der Waals surface area contributed by atoms with Crippen molar-refractivity contribution in [3.63, 3.8) is 0 Å². The minimum Gasteiger partial charge on any atom is -0.347 e. The number of hydrogen-bond donors (Lipinski definition) is 1. The summed E-state index contributed by atoms with van der Waals surface area (Å²) < 4.78 is 26.6. The van der Waals surface area contributed by atoms with Crippen molar-refractivity contribution in [1.82, 2.24) is 5.32 Å². The Morgan fingerprint density at radius 3 is 2.35 bits per heavy atom. The topological polar surface area (TPSA) is 66.5 Å². The molecule has 0 aliphatic heterocycles. The Bertz CT molecular complexity index is 1030. The first-order valence-electron chi connectivity index (χ1n) is 11.2. The Hall–Kier alpha value is -2.34. The first-order valence-corrected chi connectivity index (χ1v) is 13.1. The number of benzene rings is 2. The zero-order valence-electron chi connectivity index (χ0n) is 19.0. The van der Waals surface area contributed by atoms with Crippen molar-refractivity contribution >= 4 is 21.6 Å². The number of carbonyl (C=O) groups excluding carboxylic acids is 1. The number of fused-ring (bicyclic) bond motifs is 1. The van der Waals surface area contributed by atoms with E-state index in [4.69, 9.17) is 0 Å². The van der Waals surface area contributed by atoms with Crippen LogP contribution in [0.25, 0.3) is 0 Å². The first-order chi connectivity index (χ1) is 14.7. The molecule has 1 aliphatic rings. The van der Waals surface area contributed by atoms with Crippen molar-refractivity contribution in [2.45, 2.75) is 71.4 Å². The van der Waals surface area contributed by atoms with Crippen LogP contribution in [-0.2, 0) is 27.7 Å². The fourth-order valence-corrected chi connectivity index (χ4v) is 5.69. The Labute approximate surface area is 186 Å². The largest absolute Gasteiger partial charge is 0.347 e. The summed E-state index contributed by atoms with van der Waals surface area (Å²) in [5.41, 5.74) is 5.34. The predicted molar refractivity (Wildman–Crippen MR) is 127 cm³/mol. The van der Waals surface area contributed by atoms with E-state index in [-0.39, 0.29) is 11.9 Å². The molecule has 168 valence electrons. The van der Waals surface area contributed by atoms with Gasteiger partial charge >= 0.3 is 0 Å². The van der Waals surface area contributed by atoms with E-state index >= 15 is 0 Å². The third-order valence-electron chi connectivity index (χ3n) is 6.09. The number of nitrogens with one attached hydrogen (secondary N) is 1. The third kappa shape index (κ3) is 5.48. The van der Waals surface area contributed by atoms with E-state index in [9.17, 15) is 13.2 Å². The molecule has 2 unspecified atom stereocenters. The summed E-state index contributed by atoms with van der Waals surface area (Å²) >= 11 is 0. The Morgan fingerprint density at radius 2 is 1.74 bits per heavy atom. The van der Waals surface area contributed by atoms with E-state index in [2.05, 4.69) is 23.5 Å². The molecule has 5 nitrogen and oxygen atoms in total. The zero-order valence-corrected chi connectivity index (χ0v) is 19.8. The van der Waals surface area contributed by atoms with E-state index in [1.165, 1.54) is 28.3 Å². The number of nitrogens with zero attached hydrogens (tertiary/aromatic N) is 1. The molecule has 0 bridgehead atoms. The van der Waals surface area contributed by atoms with Crippen molar-refractivity contribution in [3.05, 3.63) is 64.7 Å². The van der Waals surface area contributed by atoms with Gasteiger partial charge in [-0.2, -0.15) is 0 Å². The van der Waals surface area contributed by atoms with Gasteiger partial charge in [-0.3, -0.25) is 9.10 Å². The second kappa shape index (κ2) is 9.86. The maximum atomic E-state index is 13.3. The lowest BCUT2D eigenvalue weighted by atomic mass is 9.88.